The minimum Gasteiger partial charge on any atom is -0.504 e. The van der Waals surface area contributed by atoms with Crippen LogP contribution in [0.3, 0.4) is 0 Å². The molecule has 0 unspecified atom stereocenters. The summed E-state index contributed by atoms with van der Waals surface area (Å²) in [5.41, 5.74) is 1.40. The Hall–Kier alpha value is -2.23. The van der Waals surface area contributed by atoms with E-state index in [1.54, 1.807) is 12.1 Å². The van der Waals surface area contributed by atoms with Gasteiger partial charge in [0.15, 0.2) is 11.5 Å². The zero-order valence-corrected chi connectivity index (χ0v) is 14.0. The third-order valence-electron chi connectivity index (χ3n) is 3.51. The number of benzene rings is 3. The normalized spacial score (nSPS) is 10.6. The van der Waals surface area contributed by atoms with Gasteiger partial charge in [-0.25, -0.2) is 4.39 Å². The molecule has 0 fully saturated rings. The maximum atomic E-state index is 14.4. The van der Waals surface area contributed by atoms with Crippen molar-refractivity contribution in [1.82, 2.24) is 0 Å². The smallest absolute Gasteiger partial charge is 0.172 e. The molecule has 0 saturated heterocycles. The maximum Gasteiger partial charge on any atom is 0.172 e. The summed E-state index contributed by atoms with van der Waals surface area (Å²) in [4.78, 5) is 0. The van der Waals surface area contributed by atoms with Crippen molar-refractivity contribution in [3.8, 4) is 22.6 Å². The Labute approximate surface area is 149 Å². The summed E-state index contributed by atoms with van der Waals surface area (Å²) in [5.74, 6) is -0.656. The molecular formula is C19H13Cl2FO2. The molecule has 0 atom stereocenters. The topological polar surface area (TPSA) is 29.5 Å². The van der Waals surface area contributed by atoms with Gasteiger partial charge in [-0.15, -0.1) is 0 Å². The molecule has 122 valence electrons. The molecule has 0 aliphatic rings. The van der Waals surface area contributed by atoms with Crippen LogP contribution in [0.2, 0.25) is 10.0 Å². The van der Waals surface area contributed by atoms with Crippen molar-refractivity contribution in [2.75, 3.05) is 0 Å². The summed E-state index contributed by atoms with van der Waals surface area (Å²) in [5, 5.41) is 10.9. The number of aromatic hydroxyl groups is 1. The van der Waals surface area contributed by atoms with Gasteiger partial charge in [-0.2, -0.15) is 0 Å². The van der Waals surface area contributed by atoms with Crippen LogP contribution in [0, 0.1) is 5.82 Å². The van der Waals surface area contributed by atoms with Crippen molar-refractivity contribution in [2.45, 2.75) is 6.61 Å². The molecule has 24 heavy (non-hydrogen) atoms. The molecule has 1 N–H and O–H groups in total. The highest BCUT2D eigenvalue weighted by atomic mass is 35.5. The van der Waals surface area contributed by atoms with Gasteiger partial charge < -0.3 is 9.84 Å². The Morgan fingerprint density at radius 3 is 2.42 bits per heavy atom. The van der Waals surface area contributed by atoms with Gasteiger partial charge in [0, 0.05) is 10.6 Å². The Kier molecular flexibility index (Phi) is 4.93. The highest BCUT2D eigenvalue weighted by Crippen LogP contribution is 2.43. The molecule has 3 aromatic rings. The molecule has 0 heterocycles. The van der Waals surface area contributed by atoms with Crippen molar-refractivity contribution in [2.24, 2.45) is 0 Å². The number of rotatable bonds is 4. The van der Waals surface area contributed by atoms with Crippen LogP contribution in [0.15, 0.2) is 60.7 Å². The van der Waals surface area contributed by atoms with Crippen LogP contribution in [0.4, 0.5) is 4.39 Å². The van der Waals surface area contributed by atoms with Crippen molar-refractivity contribution in [1.29, 1.82) is 0 Å². The molecule has 0 bridgehead atoms. The van der Waals surface area contributed by atoms with Gasteiger partial charge in [0.25, 0.3) is 0 Å². The monoisotopic (exact) mass is 362 g/mol. The second kappa shape index (κ2) is 7.12. The first kappa shape index (κ1) is 16.6. The van der Waals surface area contributed by atoms with E-state index < -0.39 is 5.82 Å². The van der Waals surface area contributed by atoms with E-state index >= 15 is 0 Å². The van der Waals surface area contributed by atoms with E-state index in [4.69, 9.17) is 27.9 Å². The average Bonchev–Trinajstić information content (AvgIpc) is 2.57. The molecule has 5 heteroatoms. The predicted octanol–water partition coefficient (Wildman–Crippen LogP) is 6.08. The van der Waals surface area contributed by atoms with Crippen molar-refractivity contribution < 1.29 is 14.2 Å². The molecule has 0 radical (unpaired) electrons. The summed E-state index contributed by atoms with van der Waals surface area (Å²) >= 11 is 12.1. The van der Waals surface area contributed by atoms with E-state index in [0.29, 0.717) is 10.6 Å². The average molecular weight is 363 g/mol. The van der Waals surface area contributed by atoms with E-state index in [1.807, 2.05) is 30.3 Å². The zero-order chi connectivity index (χ0) is 17.1. The van der Waals surface area contributed by atoms with Gasteiger partial charge in [-0.3, -0.25) is 0 Å². The highest BCUT2D eigenvalue weighted by molar-refractivity contribution is 6.36. The van der Waals surface area contributed by atoms with Crippen molar-refractivity contribution in [3.05, 3.63) is 82.1 Å². The van der Waals surface area contributed by atoms with E-state index in [9.17, 15) is 9.50 Å². The first-order valence-corrected chi connectivity index (χ1v) is 7.95. The second-order valence-electron chi connectivity index (χ2n) is 5.17. The number of phenolic OH excluding ortho intramolecular Hbond substituents is 1. The fraction of sp³-hybridized carbons (Fsp3) is 0.0526. The quantitative estimate of drug-likeness (QED) is 0.608. The molecular weight excluding hydrogens is 350 g/mol. The van der Waals surface area contributed by atoms with E-state index in [-0.39, 0.29) is 28.7 Å². The lowest BCUT2D eigenvalue weighted by molar-refractivity contribution is 0.289. The van der Waals surface area contributed by atoms with Crippen LogP contribution >= 0.6 is 23.2 Å². The van der Waals surface area contributed by atoms with Gasteiger partial charge in [0.1, 0.15) is 12.4 Å². The van der Waals surface area contributed by atoms with Gasteiger partial charge >= 0.3 is 0 Å². The van der Waals surface area contributed by atoms with E-state index in [2.05, 4.69) is 0 Å². The first-order chi connectivity index (χ1) is 11.6. The largest absolute Gasteiger partial charge is 0.504 e. The molecule has 0 amide bonds. The minimum atomic E-state index is -0.542. The molecule has 2 nitrogen and oxygen atoms in total. The lowest BCUT2D eigenvalue weighted by Crippen LogP contribution is -1.99. The summed E-state index contributed by atoms with van der Waals surface area (Å²) in [7, 11) is 0. The summed E-state index contributed by atoms with van der Waals surface area (Å²) in [6.45, 7) is 0.191. The second-order valence-corrected chi connectivity index (χ2v) is 6.01. The SMILES string of the molecule is Oc1ccc(F)c(-c2ccc(Cl)cc2Cl)c1OCc1ccccc1. The predicted molar refractivity (Wildman–Crippen MR) is 94.3 cm³/mol. The standard InChI is InChI=1S/C19H13Cl2FO2/c20-13-6-7-14(15(21)10-13)18-16(22)8-9-17(23)19(18)24-11-12-4-2-1-3-5-12/h1-10,23H,11H2. The van der Waals surface area contributed by atoms with Crippen LogP contribution in [-0.2, 0) is 6.61 Å². The Balaban J connectivity index is 2.04. The molecule has 0 aromatic heterocycles. The highest BCUT2D eigenvalue weighted by Gasteiger charge is 2.19. The lowest BCUT2D eigenvalue weighted by Gasteiger charge is -2.15. The maximum absolute atomic E-state index is 14.4. The number of halogens is 3. The summed E-state index contributed by atoms with van der Waals surface area (Å²) in [6.07, 6.45) is 0. The van der Waals surface area contributed by atoms with Gasteiger partial charge in [0.05, 0.1) is 10.6 Å². The van der Waals surface area contributed by atoms with Gasteiger partial charge in [-0.05, 0) is 29.8 Å². The van der Waals surface area contributed by atoms with Crippen LogP contribution in [0.1, 0.15) is 5.56 Å². The van der Waals surface area contributed by atoms with Crippen LogP contribution in [0.25, 0.3) is 11.1 Å². The molecule has 3 aromatic carbocycles. The van der Waals surface area contributed by atoms with Crippen molar-refractivity contribution in [3.63, 3.8) is 0 Å². The van der Waals surface area contributed by atoms with Gasteiger partial charge in [-0.1, -0.05) is 59.6 Å². The third-order valence-corrected chi connectivity index (χ3v) is 4.06. The lowest BCUT2D eigenvalue weighted by atomic mass is 10.0. The molecule has 0 aliphatic heterocycles. The van der Waals surface area contributed by atoms with E-state index in [0.717, 1.165) is 5.56 Å². The van der Waals surface area contributed by atoms with Gasteiger partial charge in [0.2, 0.25) is 0 Å². The zero-order valence-electron chi connectivity index (χ0n) is 12.5. The molecule has 0 spiro atoms. The van der Waals surface area contributed by atoms with E-state index in [1.165, 1.54) is 18.2 Å². The number of ether oxygens (including phenoxy) is 1. The van der Waals surface area contributed by atoms with Crippen LogP contribution < -0.4 is 4.74 Å². The van der Waals surface area contributed by atoms with Crippen LogP contribution in [0.5, 0.6) is 11.5 Å². The number of phenols is 1. The summed E-state index contributed by atoms with van der Waals surface area (Å²) in [6, 6.07) is 16.5. The van der Waals surface area contributed by atoms with Crippen LogP contribution in [-0.4, -0.2) is 5.11 Å². The number of hydrogen-bond donors (Lipinski definition) is 1. The Morgan fingerprint density at radius 1 is 0.958 bits per heavy atom. The fourth-order valence-electron chi connectivity index (χ4n) is 2.37. The number of hydrogen-bond acceptors (Lipinski definition) is 2. The Bertz CT molecular complexity index is 867. The first-order valence-electron chi connectivity index (χ1n) is 7.20. The molecule has 0 aliphatic carbocycles. The fourth-order valence-corrected chi connectivity index (χ4v) is 2.87. The summed E-state index contributed by atoms with van der Waals surface area (Å²) < 4.78 is 20.1. The van der Waals surface area contributed by atoms with Crippen molar-refractivity contribution >= 4 is 23.2 Å². The Morgan fingerprint density at radius 2 is 1.71 bits per heavy atom. The third kappa shape index (κ3) is 3.48. The molecule has 3 rings (SSSR count). The minimum absolute atomic E-state index is 0.0445. The molecule has 0 saturated carbocycles.